The third-order valence-corrected chi connectivity index (χ3v) is 2.70. The average Bonchev–Trinajstić information content (AvgIpc) is 2.25. The van der Waals surface area contributed by atoms with Crippen LogP contribution in [0.2, 0.25) is 0 Å². The molecule has 1 unspecified atom stereocenters. The Labute approximate surface area is 87.0 Å². The zero-order valence-corrected chi connectivity index (χ0v) is 8.84. The largest absolute Gasteiger partial charge is 0.316 e. The van der Waals surface area contributed by atoms with E-state index >= 15 is 0 Å². The zero-order valence-electron chi connectivity index (χ0n) is 8.84. The van der Waals surface area contributed by atoms with Crippen molar-refractivity contribution in [2.75, 3.05) is 13.1 Å². The maximum atomic E-state index is 8.35. The van der Waals surface area contributed by atoms with Crippen LogP contribution in [0.25, 0.3) is 0 Å². The molecule has 78 valence electrons. The molecule has 0 spiro atoms. The van der Waals surface area contributed by atoms with E-state index in [1.54, 1.807) is 0 Å². The molecular formula is C12H20N2. The van der Waals surface area contributed by atoms with Crippen molar-refractivity contribution >= 4 is 0 Å². The maximum absolute atomic E-state index is 8.35. The van der Waals surface area contributed by atoms with Crippen LogP contribution in [-0.2, 0) is 0 Å². The highest BCUT2D eigenvalue weighted by molar-refractivity contribution is 4.90. The Hall–Kier alpha value is -0.810. The van der Waals surface area contributed by atoms with Crippen LogP contribution >= 0.6 is 0 Å². The van der Waals surface area contributed by atoms with Gasteiger partial charge >= 0.3 is 0 Å². The molecule has 0 radical (unpaired) electrons. The standard InChI is InChI=1S/C12H20N2/c13-9-5-2-6-10-14-11-12-7-3-1-4-8-12/h1,3,12,14H,2,4-8,10-11H2. The van der Waals surface area contributed by atoms with Gasteiger partial charge in [0.25, 0.3) is 0 Å². The van der Waals surface area contributed by atoms with Crippen molar-refractivity contribution in [1.82, 2.24) is 5.32 Å². The summed E-state index contributed by atoms with van der Waals surface area (Å²) in [5.74, 6) is 0.843. The minimum absolute atomic E-state index is 0.702. The topological polar surface area (TPSA) is 35.8 Å². The number of nitrogens with zero attached hydrogens (tertiary/aromatic N) is 1. The smallest absolute Gasteiger partial charge is 0.0621 e. The van der Waals surface area contributed by atoms with E-state index in [1.807, 2.05) is 0 Å². The SMILES string of the molecule is N#CCCCCNCC1CC=CCC1. The first kappa shape index (κ1) is 11.3. The molecule has 2 heteroatoms. The van der Waals surface area contributed by atoms with Gasteiger partial charge in [0.05, 0.1) is 6.07 Å². The fraction of sp³-hybridized carbons (Fsp3) is 0.750. The Morgan fingerprint density at radius 3 is 3.00 bits per heavy atom. The summed E-state index contributed by atoms with van der Waals surface area (Å²) in [6.45, 7) is 2.22. The number of unbranched alkanes of at least 4 members (excludes halogenated alkanes) is 2. The molecule has 1 N–H and O–H groups in total. The fourth-order valence-electron chi connectivity index (χ4n) is 1.80. The van der Waals surface area contributed by atoms with Gasteiger partial charge in [0.2, 0.25) is 0 Å². The van der Waals surface area contributed by atoms with Crippen LogP contribution in [0.5, 0.6) is 0 Å². The Balaban J connectivity index is 1.88. The fourth-order valence-corrected chi connectivity index (χ4v) is 1.80. The first-order chi connectivity index (χ1) is 6.93. The minimum atomic E-state index is 0.702. The van der Waals surface area contributed by atoms with Gasteiger partial charge in [0.1, 0.15) is 0 Å². The van der Waals surface area contributed by atoms with Crippen molar-refractivity contribution in [3.63, 3.8) is 0 Å². The number of nitriles is 1. The summed E-state index contributed by atoms with van der Waals surface area (Å²) in [5, 5.41) is 11.8. The molecule has 1 atom stereocenters. The van der Waals surface area contributed by atoms with Crippen molar-refractivity contribution < 1.29 is 0 Å². The van der Waals surface area contributed by atoms with E-state index in [2.05, 4.69) is 23.5 Å². The van der Waals surface area contributed by atoms with Crippen molar-refractivity contribution in [3.05, 3.63) is 12.2 Å². The zero-order chi connectivity index (χ0) is 10.1. The van der Waals surface area contributed by atoms with Crippen LogP contribution in [0.1, 0.15) is 38.5 Å². The van der Waals surface area contributed by atoms with Crippen LogP contribution in [0, 0.1) is 17.2 Å². The molecule has 2 nitrogen and oxygen atoms in total. The van der Waals surface area contributed by atoms with Gasteiger partial charge in [0, 0.05) is 6.42 Å². The second kappa shape index (κ2) is 7.58. The molecule has 1 aliphatic rings. The van der Waals surface area contributed by atoms with Crippen LogP contribution in [0.4, 0.5) is 0 Å². The van der Waals surface area contributed by atoms with Crippen LogP contribution in [0.15, 0.2) is 12.2 Å². The number of hydrogen-bond donors (Lipinski definition) is 1. The lowest BCUT2D eigenvalue weighted by Gasteiger charge is -2.17. The molecular weight excluding hydrogens is 172 g/mol. The average molecular weight is 192 g/mol. The van der Waals surface area contributed by atoms with E-state index in [0.29, 0.717) is 6.42 Å². The van der Waals surface area contributed by atoms with Gasteiger partial charge in [-0.05, 0) is 51.1 Å². The Morgan fingerprint density at radius 2 is 2.29 bits per heavy atom. The monoisotopic (exact) mass is 192 g/mol. The second-order valence-corrected chi connectivity index (χ2v) is 3.97. The molecule has 14 heavy (non-hydrogen) atoms. The number of allylic oxidation sites excluding steroid dienone is 2. The van der Waals surface area contributed by atoms with Gasteiger partial charge in [-0.3, -0.25) is 0 Å². The molecule has 0 aromatic carbocycles. The van der Waals surface area contributed by atoms with Gasteiger partial charge in [0.15, 0.2) is 0 Å². The summed E-state index contributed by atoms with van der Waals surface area (Å²) < 4.78 is 0. The predicted molar refractivity (Wildman–Crippen MR) is 58.8 cm³/mol. The molecule has 0 aromatic heterocycles. The molecule has 0 bridgehead atoms. The van der Waals surface area contributed by atoms with E-state index in [4.69, 9.17) is 5.26 Å². The first-order valence-corrected chi connectivity index (χ1v) is 5.66. The summed E-state index contributed by atoms with van der Waals surface area (Å²) in [4.78, 5) is 0. The molecule has 0 fully saturated rings. The summed E-state index contributed by atoms with van der Waals surface area (Å²) in [5.41, 5.74) is 0. The third kappa shape index (κ3) is 5.04. The van der Waals surface area contributed by atoms with E-state index in [1.165, 1.54) is 19.3 Å². The van der Waals surface area contributed by atoms with Crippen LogP contribution in [-0.4, -0.2) is 13.1 Å². The normalized spacial score (nSPS) is 20.6. The lowest BCUT2D eigenvalue weighted by Crippen LogP contribution is -2.24. The number of rotatable bonds is 6. The summed E-state index contributed by atoms with van der Waals surface area (Å²) in [7, 11) is 0. The molecule has 0 amide bonds. The quantitative estimate of drug-likeness (QED) is 0.518. The highest BCUT2D eigenvalue weighted by atomic mass is 14.8. The lowest BCUT2D eigenvalue weighted by atomic mass is 9.94. The molecule has 0 heterocycles. The molecule has 0 saturated carbocycles. The molecule has 0 aromatic rings. The second-order valence-electron chi connectivity index (χ2n) is 3.97. The Kier molecular flexibility index (Phi) is 6.10. The summed E-state index contributed by atoms with van der Waals surface area (Å²) >= 11 is 0. The van der Waals surface area contributed by atoms with E-state index in [0.717, 1.165) is 31.8 Å². The van der Waals surface area contributed by atoms with Crippen molar-refractivity contribution in [1.29, 1.82) is 5.26 Å². The third-order valence-electron chi connectivity index (χ3n) is 2.70. The predicted octanol–water partition coefficient (Wildman–Crippen LogP) is 2.63. The Morgan fingerprint density at radius 1 is 1.36 bits per heavy atom. The van der Waals surface area contributed by atoms with Gasteiger partial charge < -0.3 is 5.32 Å². The lowest BCUT2D eigenvalue weighted by molar-refractivity contribution is 0.437. The summed E-state index contributed by atoms with van der Waals surface area (Å²) in [6.07, 6.45) is 11.3. The van der Waals surface area contributed by atoms with Crippen LogP contribution in [0.3, 0.4) is 0 Å². The van der Waals surface area contributed by atoms with Gasteiger partial charge in [-0.15, -0.1) is 0 Å². The molecule has 0 saturated heterocycles. The minimum Gasteiger partial charge on any atom is -0.316 e. The maximum Gasteiger partial charge on any atom is 0.0621 e. The van der Waals surface area contributed by atoms with Gasteiger partial charge in [-0.2, -0.15) is 5.26 Å². The van der Waals surface area contributed by atoms with Gasteiger partial charge in [-0.25, -0.2) is 0 Å². The van der Waals surface area contributed by atoms with Crippen molar-refractivity contribution in [3.8, 4) is 6.07 Å². The first-order valence-electron chi connectivity index (χ1n) is 5.66. The van der Waals surface area contributed by atoms with E-state index in [9.17, 15) is 0 Å². The highest BCUT2D eigenvalue weighted by Gasteiger charge is 2.08. The highest BCUT2D eigenvalue weighted by Crippen LogP contribution is 2.16. The van der Waals surface area contributed by atoms with Gasteiger partial charge in [-0.1, -0.05) is 12.2 Å². The molecule has 0 aliphatic heterocycles. The van der Waals surface area contributed by atoms with Crippen LogP contribution < -0.4 is 5.32 Å². The summed E-state index contributed by atoms with van der Waals surface area (Å²) in [6, 6.07) is 2.17. The molecule has 1 aliphatic carbocycles. The molecule has 1 rings (SSSR count). The van der Waals surface area contributed by atoms with Crippen molar-refractivity contribution in [2.45, 2.75) is 38.5 Å². The number of nitrogens with one attached hydrogen (secondary N) is 1. The van der Waals surface area contributed by atoms with E-state index in [-0.39, 0.29) is 0 Å². The van der Waals surface area contributed by atoms with E-state index < -0.39 is 0 Å². The Bertz CT molecular complexity index is 203. The van der Waals surface area contributed by atoms with Crippen molar-refractivity contribution in [2.24, 2.45) is 5.92 Å². The number of hydrogen-bond acceptors (Lipinski definition) is 2.